The third-order valence-electron chi connectivity index (χ3n) is 4.41. The summed E-state index contributed by atoms with van der Waals surface area (Å²) >= 11 is 0. The number of likely N-dealkylation sites (tertiary alicyclic amines) is 1. The Morgan fingerprint density at radius 1 is 1.07 bits per heavy atom. The van der Waals surface area contributed by atoms with Gasteiger partial charge in [-0.15, -0.1) is 0 Å². The van der Waals surface area contributed by atoms with Crippen LogP contribution in [0.4, 0.5) is 0 Å². The van der Waals surface area contributed by atoms with E-state index in [1.807, 2.05) is 30.3 Å². The lowest BCUT2D eigenvalue weighted by atomic mass is 10.2. The van der Waals surface area contributed by atoms with Crippen LogP contribution >= 0.6 is 0 Å². The summed E-state index contributed by atoms with van der Waals surface area (Å²) in [5.74, 6) is -0.0192. The molecule has 9 nitrogen and oxygen atoms in total. The number of hydrogen-bond acceptors (Lipinski definition) is 6. The third-order valence-corrected chi connectivity index (χ3v) is 4.41. The first-order chi connectivity index (χ1) is 13.6. The van der Waals surface area contributed by atoms with E-state index in [9.17, 15) is 14.4 Å². The average molecular weight is 385 g/mol. The number of carbonyl (C=O) groups is 3. The molecule has 2 N–H and O–H groups in total. The van der Waals surface area contributed by atoms with Crippen LogP contribution in [-0.2, 0) is 20.8 Å². The number of nitrogens with one attached hydrogen (secondary N) is 2. The number of hydrogen-bond donors (Lipinski definition) is 2. The first-order valence-electron chi connectivity index (χ1n) is 9.35. The van der Waals surface area contributed by atoms with Gasteiger partial charge in [0.2, 0.25) is 23.5 Å². The highest BCUT2D eigenvalue weighted by Gasteiger charge is 2.19. The van der Waals surface area contributed by atoms with Gasteiger partial charge >= 0.3 is 0 Å². The van der Waals surface area contributed by atoms with Crippen molar-refractivity contribution in [2.24, 2.45) is 0 Å². The van der Waals surface area contributed by atoms with Crippen LogP contribution in [0.15, 0.2) is 34.9 Å². The van der Waals surface area contributed by atoms with Gasteiger partial charge < -0.3 is 9.42 Å². The fourth-order valence-electron chi connectivity index (χ4n) is 2.90. The summed E-state index contributed by atoms with van der Waals surface area (Å²) in [5, 5.41) is 3.89. The molecule has 2 aromatic rings. The fraction of sp³-hybridized carbons (Fsp3) is 0.421. The van der Waals surface area contributed by atoms with Gasteiger partial charge in [-0.05, 0) is 12.8 Å². The Labute approximate surface area is 162 Å². The van der Waals surface area contributed by atoms with Crippen molar-refractivity contribution in [1.29, 1.82) is 0 Å². The van der Waals surface area contributed by atoms with Crippen molar-refractivity contribution in [3.8, 4) is 11.4 Å². The highest BCUT2D eigenvalue weighted by molar-refractivity contribution is 5.86. The molecule has 1 aromatic heterocycles. The molecular formula is C19H23N5O4. The first kappa shape index (κ1) is 19.5. The minimum atomic E-state index is -0.423. The van der Waals surface area contributed by atoms with Crippen LogP contribution < -0.4 is 10.9 Å². The predicted octanol–water partition coefficient (Wildman–Crippen LogP) is 1.22. The van der Waals surface area contributed by atoms with E-state index >= 15 is 0 Å². The average Bonchev–Trinajstić information content (AvgIpc) is 3.10. The van der Waals surface area contributed by atoms with Gasteiger partial charge in [0.1, 0.15) is 6.54 Å². The molecule has 9 heteroatoms. The zero-order chi connectivity index (χ0) is 19.8. The molecule has 1 fully saturated rings. The summed E-state index contributed by atoms with van der Waals surface area (Å²) in [6, 6.07) is 9.38. The van der Waals surface area contributed by atoms with E-state index < -0.39 is 5.91 Å². The number of amides is 3. The lowest BCUT2D eigenvalue weighted by Gasteiger charge is -2.19. The van der Waals surface area contributed by atoms with Crippen LogP contribution in [0.1, 0.15) is 38.0 Å². The third kappa shape index (κ3) is 5.63. The molecule has 1 aliphatic rings. The van der Waals surface area contributed by atoms with Gasteiger partial charge in [0, 0.05) is 31.4 Å². The second kappa shape index (κ2) is 9.63. The van der Waals surface area contributed by atoms with E-state index in [1.54, 1.807) is 0 Å². The number of aromatic nitrogens is 2. The Kier molecular flexibility index (Phi) is 6.72. The molecule has 3 rings (SSSR count). The highest BCUT2D eigenvalue weighted by Crippen LogP contribution is 2.15. The van der Waals surface area contributed by atoms with Crippen LogP contribution in [0, 0.1) is 0 Å². The number of aryl methyl sites for hydroxylation is 1. The molecule has 0 bridgehead atoms. The zero-order valence-electron chi connectivity index (χ0n) is 15.5. The Morgan fingerprint density at radius 2 is 1.86 bits per heavy atom. The number of nitrogens with zero attached hydrogens (tertiary/aromatic N) is 3. The van der Waals surface area contributed by atoms with Gasteiger partial charge in [-0.1, -0.05) is 41.9 Å². The van der Waals surface area contributed by atoms with E-state index in [1.165, 1.54) is 4.90 Å². The smallest absolute Gasteiger partial charge is 0.257 e. The minimum Gasteiger partial charge on any atom is -0.339 e. The summed E-state index contributed by atoms with van der Waals surface area (Å²) in [6.45, 7) is 0.518. The molecule has 1 saturated heterocycles. The molecule has 28 heavy (non-hydrogen) atoms. The maximum absolute atomic E-state index is 11.9. The maximum atomic E-state index is 11.9. The van der Waals surface area contributed by atoms with Gasteiger partial charge in [-0.3, -0.25) is 25.2 Å². The van der Waals surface area contributed by atoms with Gasteiger partial charge in [-0.2, -0.15) is 4.98 Å². The molecule has 0 radical (unpaired) electrons. The minimum absolute atomic E-state index is 0.0235. The Balaban J connectivity index is 1.39. The van der Waals surface area contributed by atoms with Gasteiger partial charge in [0.15, 0.2) is 0 Å². The van der Waals surface area contributed by atoms with Crippen molar-refractivity contribution in [3.05, 3.63) is 36.2 Å². The molecule has 0 aliphatic carbocycles. The SMILES string of the molecule is O=C(CCc1nc(-c2ccccc2)no1)NNC(=O)CN1CCCCCC1=O. The topological polar surface area (TPSA) is 117 Å². The summed E-state index contributed by atoms with van der Waals surface area (Å²) < 4.78 is 5.15. The molecular weight excluding hydrogens is 362 g/mol. The van der Waals surface area contributed by atoms with E-state index in [4.69, 9.17) is 4.52 Å². The molecule has 1 aliphatic heterocycles. The van der Waals surface area contributed by atoms with Crippen LogP contribution in [-0.4, -0.2) is 45.9 Å². The van der Waals surface area contributed by atoms with Gasteiger partial charge in [-0.25, -0.2) is 0 Å². The van der Waals surface area contributed by atoms with Crippen molar-refractivity contribution < 1.29 is 18.9 Å². The molecule has 1 aromatic carbocycles. The Morgan fingerprint density at radius 3 is 2.68 bits per heavy atom. The largest absolute Gasteiger partial charge is 0.339 e. The standard InChI is InChI=1S/C19H23N5O4/c25-15(21-22-16(26)13-24-12-6-2-5-9-18(24)27)10-11-17-20-19(23-28-17)14-7-3-1-4-8-14/h1,3-4,7-8H,2,5-6,9-13H2,(H,21,25)(H,22,26). The van der Waals surface area contributed by atoms with Crippen LogP contribution in [0.25, 0.3) is 11.4 Å². The van der Waals surface area contributed by atoms with Crippen molar-refractivity contribution in [2.45, 2.75) is 38.5 Å². The molecule has 0 atom stereocenters. The summed E-state index contributed by atoms with van der Waals surface area (Å²) in [5.41, 5.74) is 5.51. The van der Waals surface area contributed by atoms with E-state index in [0.29, 0.717) is 24.7 Å². The number of rotatable bonds is 6. The van der Waals surface area contributed by atoms with Gasteiger partial charge in [0.25, 0.3) is 5.91 Å². The normalized spacial score (nSPS) is 14.4. The molecule has 2 heterocycles. The van der Waals surface area contributed by atoms with E-state index in [0.717, 1.165) is 24.8 Å². The molecule has 0 unspecified atom stereocenters. The summed E-state index contributed by atoms with van der Waals surface area (Å²) in [6.07, 6.45) is 3.54. The predicted molar refractivity (Wildman–Crippen MR) is 99.4 cm³/mol. The molecule has 148 valence electrons. The number of carbonyl (C=O) groups excluding carboxylic acids is 3. The van der Waals surface area contributed by atoms with Crippen molar-refractivity contribution in [1.82, 2.24) is 25.9 Å². The summed E-state index contributed by atoms with van der Waals surface area (Å²) in [4.78, 5) is 41.5. The van der Waals surface area contributed by atoms with Crippen LogP contribution in [0.5, 0.6) is 0 Å². The van der Waals surface area contributed by atoms with E-state index in [2.05, 4.69) is 21.0 Å². The van der Waals surface area contributed by atoms with E-state index in [-0.39, 0.29) is 31.2 Å². The monoisotopic (exact) mass is 385 g/mol. The van der Waals surface area contributed by atoms with Crippen LogP contribution in [0.2, 0.25) is 0 Å². The Hall–Kier alpha value is -3.23. The quantitative estimate of drug-likeness (QED) is 0.722. The van der Waals surface area contributed by atoms with Crippen LogP contribution in [0.3, 0.4) is 0 Å². The van der Waals surface area contributed by atoms with Crippen molar-refractivity contribution in [2.75, 3.05) is 13.1 Å². The maximum Gasteiger partial charge on any atom is 0.257 e. The second-order valence-electron chi connectivity index (χ2n) is 6.60. The van der Waals surface area contributed by atoms with Gasteiger partial charge in [0.05, 0.1) is 0 Å². The molecule has 0 saturated carbocycles. The fourth-order valence-corrected chi connectivity index (χ4v) is 2.90. The lowest BCUT2D eigenvalue weighted by Crippen LogP contribution is -2.47. The summed E-state index contributed by atoms with van der Waals surface area (Å²) in [7, 11) is 0. The number of benzene rings is 1. The second-order valence-corrected chi connectivity index (χ2v) is 6.60. The lowest BCUT2D eigenvalue weighted by molar-refractivity contribution is -0.136. The first-order valence-corrected chi connectivity index (χ1v) is 9.35. The van der Waals surface area contributed by atoms with Crippen molar-refractivity contribution >= 4 is 17.7 Å². The molecule has 0 spiro atoms. The highest BCUT2D eigenvalue weighted by atomic mass is 16.5. The molecule has 3 amide bonds. The Bertz CT molecular complexity index is 821. The number of hydrazine groups is 1. The van der Waals surface area contributed by atoms with Crippen molar-refractivity contribution in [3.63, 3.8) is 0 Å². The zero-order valence-corrected chi connectivity index (χ0v) is 15.5.